The maximum Gasteiger partial charge on any atom is 0.255 e. The molecule has 21 heavy (non-hydrogen) atoms. The molecule has 2 N–H and O–H groups in total. The van der Waals surface area contributed by atoms with Crippen LogP contribution in [0.25, 0.3) is 11.3 Å². The minimum absolute atomic E-state index is 0.0410. The molecule has 0 atom stereocenters. The minimum atomic E-state index is 0.0410. The molecule has 1 aromatic heterocycles. The van der Waals surface area contributed by atoms with Crippen molar-refractivity contribution in [3.8, 4) is 17.0 Å². The SMILES string of the molecule is CCOc1cccc(-c2ccc(CN)c(=O)n2C2CC2)c1. The molecule has 0 aliphatic heterocycles. The highest BCUT2D eigenvalue weighted by molar-refractivity contribution is 5.62. The molecule has 4 nitrogen and oxygen atoms in total. The molecular weight excluding hydrogens is 264 g/mol. The quantitative estimate of drug-likeness (QED) is 0.918. The highest BCUT2D eigenvalue weighted by Crippen LogP contribution is 2.37. The second kappa shape index (κ2) is 5.74. The standard InChI is InChI=1S/C17H20N2O2/c1-2-21-15-5-3-4-12(10-15)16-9-6-13(11-18)17(20)19(16)14-7-8-14/h3-6,9-10,14H,2,7-8,11,18H2,1H3. The van der Waals surface area contributed by atoms with Crippen LogP contribution in [-0.2, 0) is 6.54 Å². The zero-order chi connectivity index (χ0) is 14.8. The van der Waals surface area contributed by atoms with Gasteiger partial charge >= 0.3 is 0 Å². The van der Waals surface area contributed by atoms with Gasteiger partial charge in [0.05, 0.1) is 12.3 Å². The largest absolute Gasteiger partial charge is 0.494 e. The fraction of sp³-hybridized carbons (Fsp3) is 0.353. The molecule has 4 heteroatoms. The van der Waals surface area contributed by atoms with Crippen molar-refractivity contribution < 1.29 is 4.74 Å². The number of nitrogens with zero attached hydrogens (tertiary/aromatic N) is 1. The third kappa shape index (κ3) is 2.72. The monoisotopic (exact) mass is 284 g/mol. The summed E-state index contributed by atoms with van der Waals surface area (Å²) in [7, 11) is 0. The lowest BCUT2D eigenvalue weighted by Gasteiger charge is -2.14. The smallest absolute Gasteiger partial charge is 0.255 e. The summed E-state index contributed by atoms with van der Waals surface area (Å²) in [5.41, 5.74) is 8.33. The summed E-state index contributed by atoms with van der Waals surface area (Å²) in [6, 6.07) is 12.0. The molecule has 110 valence electrons. The van der Waals surface area contributed by atoms with Crippen LogP contribution in [0.1, 0.15) is 31.4 Å². The molecule has 1 aromatic carbocycles. The molecule has 1 fully saturated rings. The Balaban J connectivity index is 2.11. The van der Waals surface area contributed by atoms with Crippen molar-refractivity contribution in [1.29, 1.82) is 0 Å². The molecule has 3 rings (SSSR count). The van der Waals surface area contributed by atoms with Crippen molar-refractivity contribution >= 4 is 0 Å². The molecule has 1 heterocycles. The third-order valence-corrected chi connectivity index (χ3v) is 3.77. The molecule has 0 spiro atoms. The van der Waals surface area contributed by atoms with Gasteiger partial charge in [-0.2, -0.15) is 0 Å². The molecule has 0 radical (unpaired) electrons. The maximum absolute atomic E-state index is 12.5. The first-order chi connectivity index (χ1) is 10.2. The second-order valence-corrected chi connectivity index (χ2v) is 5.32. The Labute approximate surface area is 124 Å². The molecule has 1 aliphatic rings. The van der Waals surface area contributed by atoms with Crippen molar-refractivity contribution in [2.75, 3.05) is 6.61 Å². The summed E-state index contributed by atoms with van der Waals surface area (Å²) in [5.74, 6) is 0.827. The van der Waals surface area contributed by atoms with Gasteiger partial charge < -0.3 is 15.0 Å². The Kier molecular flexibility index (Phi) is 3.80. The van der Waals surface area contributed by atoms with Gasteiger partial charge in [-0.25, -0.2) is 0 Å². The summed E-state index contributed by atoms with van der Waals surface area (Å²) in [4.78, 5) is 12.5. The summed E-state index contributed by atoms with van der Waals surface area (Å²) in [6.07, 6.45) is 2.12. The maximum atomic E-state index is 12.5. The number of hydrogen-bond donors (Lipinski definition) is 1. The fourth-order valence-corrected chi connectivity index (χ4v) is 2.59. The Morgan fingerprint density at radius 1 is 1.29 bits per heavy atom. The number of benzene rings is 1. The molecule has 0 bridgehead atoms. The van der Waals surface area contributed by atoms with Gasteiger partial charge in [0.25, 0.3) is 5.56 Å². The van der Waals surface area contributed by atoms with Gasteiger partial charge in [-0.05, 0) is 38.0 Å². The summed E-state index contributed by atoms with van der Waals surface area (Å²) >= 11 is 0. The van der Waals surface area contributed by atoms with E-state index in [2.05, 4.69) is 0 Å². The van der Waals surface area contributed by atoms with Crippen LogP contribution in [0.5, 0.6) is 5.75 Å². The van der Waals surface area contributed by atoms with Gasteiger partial charge in [0.15, 0.2) is 0 Å². The van der Waals surface area contributed by atoms with E-state index in [0.717, 1.165) is 29.8 Å². The van der Waals surface area contributed by atoms with Crippen molar-refractivity contribution in [3.63, 3.8) is 0 Å². The van der Waals surface area contributed by atoms with Gasteiger partial charge in [-0.1, -0.05) is 18.2 Å². The number of pyridine rings is 1. The topological polar surface area (TPSA) is 57.2 Å². The van der Waals surface area contributed by atoms with E-state index >= 15 is 0 Å². The van der Waals surface area contributed by atoms with Crippen molar-refractivity contribution in [2.24, 2.45) is 5.73 Å². The lowest BCUT2D eigenvalue weighted by molar-refractivity contribution is 0.340. The van der Waals surface area contributed by atoms with Gasteiger partial charge in [0.1, 0.15) is 5.75 Å². The van der Waals surface area contributed by atoms with Crippen molar-refractivity contribution in [1.82, 2.24) is 4.57 Å². The Bertz CT molecular complexity index is 702. The molecule has 0 unspecified atom stereocenters. The number of ether oxygens (including phenoxy) is 1. The first kappa shape index (κ1) is 13.9. The molecule has 1 aliphatic carbocycles. The Hall–Kier alpha value is -2.07. The van der Waals surface area contributed by atoms with Crippen LogP contribution < -0.4 is 16.0 Å². The molecule has 1 saturated carbocycles. The number of hydrogen-bond acceptors (Lipinski definition) is 3. The molecule has 0 saturated heterocycles. The second-order valence-electron chi connectivity index (χ2n) is 5.32. The zero-order valence-corrected chi connectivity index (χ0v) is 12.2. The number of aromatic nitrogens is 1. The van der Waals surface area contributed by atoms with E-state index in [1.165, 1.54) is 0 Å². The van der Waals surface area contributed by atoms with Crippen LogP contribution >= 0.6 is 0 Å². The zero-order valence-electron chi connectivity index (χ0n) is 12.2. The first-order valence-corrected chi connectivity index (χ1v) is 7.42. The van der Waals surface area contributed by atoms with Crippen LogP contribution in [-0.4, -0.2) is 11.2 Å². The fourth-order valence-electron chi connectivity index (χ4n) is 2.59. The van der Waals surface area contributed by atoms with E-state index in [0.29, 0.717) is 18.2 Å². The van der Waals surface area contributed by atoms with Crippen LogP contribution in [0.15, 0.2) is 41.2 Å². The number of nitrogens with two attached hydrogens (primary N) is 1. The summed E-state index contributed by atoms with van der Waals surface area (Å²) in [5, 5.41) is 0. The van der Waals surface area contributed by atoms with Crippen LogP contribution in [0.3, 0.4) is 0 Å². The highest BCUT2D eigenvalue weighted by atomic mass is 16.5. The van der Waals surface area contributed by atoms with Gasteiger partial charge in [0.2, 0.25) is 0 Å². The average Bonchev–Trinajstić information content (AvgIpc) is 3.32. The van der Waals surface area contributed by atoms with Gasteiger partial charge in [0, 0.05) is 23.7 Å². The predicted molar refractivity (Wildman–Crippen MR) is 83.5 cm³/mol. The summed E-state index contributed by atoms with van der Waals surface area (Å²) in [6.45, 7) is 2.87. The van der Waals surface area contributed by atoms with Crippen LogP contribution in [0, 0.1) is 0 Å². The van der Waals surface area contributed by atoms with Gasteiger partial charge in [-0.15, -0.1) is 0 Å². The lowest BCUT2D eigenvalue weighted by Crippen LogP contribution is -2.25. The van der Waals surface area contributed by atoms with E-state index in [1.54, 1.807) is 0 Å². The number of rotatable bonds is 5. The Morgan fingerprint density at radius 2 is 2.10 bits per heavy atom. The van der Waals surface area contributed by atoms with Crippen molar-refractivity contribution in [3.05, 3.63) is 52.3 Å². The van der Waals surface area contributed by atoms with Crippen molar-refractivity contribution in [2.45, 2.75) is 32.4 Å². The van der Waals surface area contributed by atoms with E-state index in [1.807, 2.05) is 47.9 Å². The predicted octanol–water partition coefficient (Wildman–Crippen LogP) is 2.71. The molecule has 2 aromatic rings. The van der Waals surface area contributed by atoms with Gasteiger partial charge in [-0.3, -0.25) is 4.79 Å². The Morgan fingerprint density at radius 3 is 2.76 bits per heavy atom. The van der Waals surface area contributed by atoms with Crippen LogP contribution in [0.4, 0.5) is 0 Å². The third-order valence-electron chi connectivity index (χ3n) is 3.77. The molecular formula is C17H20N2O2. The normalized spacial score (nSPS) is 14.2. The van der Waals surface area contributed by atoms with E-state index in [9.17, 15) is 4.79 Å². The van der Waals surface area contributed by atoms with E-state index in [-0.39, 0.29) is 12.1 Å². The lowest BCUT2D eigenvalue weighted by atomic mass is 10.1. The molecule has 0 amide bonds. The average molecular weight is 284 g/mol. The van der Waals surface area contributed by atoms with Crippen LogP contribution in [0.2, 0.25) is 0 Å². The summed E-state index contributed by atoms with van der Waals surface area (Å²) < 4.78 is 7.45. The highest BCUT2D eigenvalue weighted by Gasteiger charge is 2.27. The first-order valence-electron chi connectivity index (χ1n) is 7.42. The minimum Gasteiger partial charge on any atom is -0.494 e. The van der Waals surface area contributed by atoms with E-state index < -0.39 is 0 Å². The van der Waals surface area contributed by atoms with E-state index in [4.69, 9.17) is 10.5 Å².